The third kappa shape index (κ3) is 25.7. The maximum atomic E-state index is 16.9. The van der Waals surface area contributed by atoms with Gasteiger partial charge in [-0.15, -0.1) is 0 Å². The number of unbranched alkanes of at least 4 members (excludes halogenated alkanes) is 8. The first-order valence-corrected chi connectivity index (χ1v) is 32.9. The topological polar surface area (TPSA) is 26.0 Å². The molecule has 0 radical (unpaired) electrons. The molecule has 0 saturated carbocycles. The predicted molar refractivity (Wildman–Crippen MR) is 377 cm³/mol. The van der Waals surface area contributed by atoms with Gasteiger partial charge in [0.1, 0.15) is 0 Å². The lowest BCUT2D eigenvalue weighted by atomic mass is 9.77. The Balaban J connectivity index is 0.000000974. The molecule has 3 heteroatoms. The number of benzene rings is 4. The summed E-state index contributed by atoms with van der Waals surface area (Å²) < 4.78 is 33.7. The Labute approximate surface area is 517 Å². The summed E-state index contributed by atoms with van der Waals surface area (Å²) in [6.07, 6.45) is 31.2. The summed E-state index contributed by atoms with van der Waals surface area (Å²) in [6.45, 7) is 54.2. The number of nitrogens with two attached hydrogens (primary N) is 1. The van der Waals surface area contributed by atoms with Gasteiger partial charge in [-0.1, -0.05) is 336 Å². The number of hydrogen-bond acceptors (Lipinski definition) is 1. The Morgan fingerprint density at radius 1 is 0.619 bits per heavy atom. The molecule has 0 spiro atoms. The number of nitrogen functional groups attached to an aromatic ring is 1. The van der Waals surface area contributed by atoms with Gasteiger partial charge in [0.15, 0.2) is 11.6 Å². The molecule has 0 aliphatic heterocycles. The molecule has 466 valence electrons. The van der Waals surface area contributed by atoms with Gasteiger partial charge in [-0.3, -0.25) is 0 Å². The first-order valence-electron chi connectivity index (χ1n) is 32.9. The molecule has 4 rings (SSSR count). The van der Waals surface area contributed by atoms with Gasteiger partial charge in [-0.2, -0.15) is 0 Å². The molecule has 2 unspecified atom stereocenters. The molecule has 0 heterocycles. The number of halogens is 2. The van der Waals surface area contributed by atoms with Crippen molar-refractivity contribution < 1.29 is 8.78 Å². The average Bonchev–Trinajstić information content (AvgIpc) is 1.39. The number of anilines is 1. The number of rotatable bonds is 27. The van der Waals surface area contributed by atoms with Gasteiger partial charge in [0.25, 0.3) is 0 Å². The fourth-order valence-electron chi connectivity index (χ4n) is 10.1. The maximum absolute atomic E-state index is 16.9. The van der Waals surface area contributed by atoms with E-state index in [1.807, 2.05) is 30.3 Å². The van der Waals surface area contributed by atoms with Gasteiger partial charge >= 0.3 is 0 Å². The number of hydrogen-bond donors (Lipinski definition) is 1. The van der Waals surface area contributed by atoms with E-state index in [9.17, 15) is 0 Å². The number of allylic oxidation sites excluding steroid dienone is 12. The zero-order valence-corrected chi connectivity index (χ0v) is 57.8. The lowest BCUT2D eigenvalue weighted by molar-refractivity contribution is 0.498. The predicted octanol–water partition coefficient (Wildman–Crippen LogP) is 26.6. The first kappa shape index (κ1) is 76.7. The van der Waals surface area contributed by atoms with Gasteiger partial charge in [0, 0.05) is 16.8 Å². The van der Waals surface area contributed by atoms with Crippen LogP contribution in [0.1, 0.15) is 298 Å². The quantitative estimate of drug-likeness (QED) is 0.0359. The van der Waals surface area contributed by atoms with Gasteiger partial charge < -0.3 is 5.73 Å². The van der Waals surface area contributed by atoms with Gasteiger partial charge in [0.05, 0.1) is 0 Å². The van der Waals surface area contributed by atoms with Crippen molar-refractivity contribution in [3.63, 3.8) is 0 Å². The zero-order valence-electron chi connectivity index (χ0n) is 57.8. The molecule has 0 amide bonds. The molecule has 0 saturated heterocycles. The minimum Gasteiger partial charge on any atom is -0.398 e. The highest BCUT2D eigenvalue weighted by Crippen LogP contribution is 2.45. The molecule has 4 aromatic rings. The van der Waals surface area contributed by atoms with Crippen LogP contribution in [0.2, 0.25) is 0 Å². The van der Waals surface area contributed by atoms with Crippen LogP contribution in [-0.2, 0) is 11.8 Å². The van der Waals surface area contributed by atoms with Crippen LogP contribution < -0.4 is 5.73 Å². The molecule has 2 N–H and O–H groups in total. The zero-order chi connectivity index (χ0) is 63.8. The van der Waals surface area contributed by atoms with Gasteiger partial charge in [-0.25, -0.2) is 8.78 Å². The minimum absolute atomic E-state index is 0.0156. The Kier molecular flexibility index (Phi) is 36.0. The second-order valence-electron chi connectivity index (χ2n) is 26.7. The van der Waals surface area contributed by atoms with Crippen LogP contribution in [0.25, 0.3) is 22.3 Å². The normalized spacial score (nSPS) is 13.4. The van der Waals surface area contributed by atoms with Crippen LogP contribution in [0, 0.1) is 28.4 Å². The van der Waals surface area contributed by atoms with Crippen molar-refractivity contribution in [3.8, 4) is 0 Å². The summed E-state index contributed by atoms with van der Waals surface area (Å²) in [5.74, 6) is -1.37. The Morgan fingerprint density at radius 2 is 1.14 bits per heavy atom. The van der Waals surface area contributed by atoms with E-state index in [-0.39, 0.29) is 33.6 Å². The van der Waals surface area contributed by atoms with E-state index in [0.717, 1.165) is 53.5 Å². The van der Waals surface area contributed by atoms with Crippen LogP contribution in [0.4, 0.5) is 14.5 Å². The van der Waals surface area contributed by atoms with Crippen molar-refractivity contribution in [2.75, 3.05) is 5.73 Å². The molecule has 0 aromatic heterocycles. The SMILES string of the molecule is C=C(/C=C\C(=C/C)C(C)(C)C)c1ccc(C(C)(C)C/C=C(\CCC)c2c(N)c(C(C)CC)c(/C(=C/C=C(\C)C(C)(C)C)C(C)CC)c(F)c2F)cc1C(C)C.C=C(Cc1ccccc1)c1ccccc1.CCCCCCC.CCCCCCC. The van der Waals surface area contributed by atoms with Crippen LogP contribution in [0.3, 0.4) is 0 Å². The van der Waals surface area contributed by atoms with E-state index < -0.39 is 11.6 Å². The standard InChI is InChI=1S/C52H77F2N.C15H14.2C7H16/c1-19-23-38(30-31-52(17,18)40-27-29-41(43(32-40)33(5)6)36(9)24-26-39(22-4)51(14,15)16)45-47(53)48(54)46(44(49(45)55)35(8)21-3)42(34(7)20-2)28-25-37(10)50(11,12)13;1-13(15-10-6-3-7-11-15)12-14-8-4-2-5-9-14;2*1-3-5-7-6-4-2/h22,24-30,32-35H,9,19-21,23,31,55H2,1-8,10-18H3;2-11H,1,12H2;2*3-7H2,1-2H3/b26-24-,37-25+,38-30+,39-22+,42-28+;;;. The molecular formula is C81H123F2N. The Bertz CT molecular complexity index is 2680. The fourth-order valence-corrected chi connectivity index (χ4v) is 10.1. The Hall–Kier alpha value is -5.28. The summed E-state index contributed by atoms with van der Waals surface area (Å²) in [7, 11) is 0. The molecule has 84 heavy (non-hydrogen) atoms. The molecule has 1 nitrogen and oxygen atoms in total. The lowest BCUT2D eigenvalue weighted by Crippen LogP contribution is -2.18. The van der Waals surface area contributed by atoms with Crippen LogP contribution in [-0.4, -0.2) is 0 Å². The smallest absolute Gasteiger partial charge is 0.169 e. The maximum Gasteiger partial charge on any atom is 0.169 e. The summed E-state index contributed by atoms with van der Waals surface area (Å²) in [5.41, 5.74) is 20.8. The molecule has 4 aromatic carbocycles. The van der Waals surface area contributed by atoms with Crippen molar-refractivity contribution >= 4 is 28.0 Å². The summed E-state index contributed by atoms with van der Waals surface area (Å²) in [5, 5.41) is 0. The van der Waals surface area contributed by atoms with E-state index in [1.54, 1.807) is 0 Å². The van der Waals surface area contributed by atoms with Crippen molar-refractivity contribution in [2.24, 2.45) is 16.7 Å². The van der Waals surface area contributed by atoms with Gasteiger partial charge in [-0.05, 0) is 141 Å². The lowest BCUT2D eigenvalue weighted by Gasteiger charge is -2.28. The van der Waals surface area contributed by atoms with Crippen LogP contribution in [0.15, 0.2) is 140 Å². The van der Waals surface area contributed by atoms with E-state index in [4.69, 9.17) is 5.73 Å². The molecule has 0 fully saturated rings. The van der Waals surface area contributed by atoms with Crippen molar-refractivity contribution in [2.45, 2.75) is 265 Å². The van der Waals surface area contributed by atoms with Gasteiger partial charge in [0.2, 0.25) is 0 Å². The molecule has 2 atom stereocenters. The largest absolute Gasteiger partial charge is 0.398 e. The van der Waals surface area contributed by atoms with E-state index >= 15 is 8.78 Å². The van der Waals surface area contributed by atoms with Crippen molar-refractivity contribution in [3.05, 3.63) is 196 Å². The van der Waals surface area contributed by atoms with E-state index in [0.29, 0.717) is 30.0 Å². The average molecular weight is 1150 g/mol. The van der Waals surface area contributed by atoms with E-state index in [1.165, 1.54) is 103 Å². The monoisotopic (exact) mass is 1150 g/mol. The third-order valence-corrected chi connectivity index (χ3v) is 16.7. The highest BCUT2D eigenvalue weighted by atomic mass is 19.2. The third-order valence-electron chi connectivity index (χ3n) is 16.7. The summed E-state index contributed by atoms with van der Waals surface area (Å²) in [6, 6.07) is 27.5. The van der Waals surface area contributed by atoms with Crippen LogP contribution in [0.5, 0.6) is 0 Å². The summed E-state index contributed by atoms with van der Waals surface area (Å²) in [4.78, 5) is 0. The minimum atomic E-state index is -0.840. The second-order valence-corrected chi connectivity index (χ2v) is 26.7. The highest BCUT2D eigenvalue weighted by Gasteiger charge is 2.31. The Morgan fingerprint density at radius 3 is 1.60 bits per heavy atom. The summed E-state index contributed by atoms with van der Waals surface area (Å²) >= 11 is 0. The molecule has 0 aliphatic carbocycles. The molecular weight excluding hydrogens is 1020 g/mol. The van der Waals surface area contributed by atoms with Crippen LogP contribution >= 0.6 is 0 Å². The van der Waals surface area contributed by atoms with Crippen molar-refractivity contribution in [1.29, 1.82) is 0 Å². The van der Waals surface area contributed by atoms with E-state index in [2.05, 4.69) is 244 Å². The molecule has 0 bridgehead atoms. The van der Waals surface area contributed by atoms with Crippen molar-refractivity contribution in [1.82, 2.24) is 0 Å². The second kappa shape index (κ2) is 39.4. The molecule has 0 aliphatic rings. The highest BCUT2D eigenvalue weighted by molar-refractivity contribution is 5.85. The fraction of sp³-hybridized carbons (Fsp3) is 0.531. The first-order chi connectivity index (χ1) is 39.6.